The standard InChI is InChI=1S/C20H16O2S/c21-20(22)19-11-9-18(10-12-19)17-7-5-16(6-8-17)15-3-1-14(13-23)2-4-15/h1-12,23H,13H2,(H,21,22). The highest BCUT2D eigenvalue weighted by Gasteiger charge is 2.04. The van der Waals surface area contributed by atoms with Crippen molar-refractivity contribution in [2.45, 2.75) is 5.75 Å². The van der Waals surface area contributed by atoms with Gasteiger partial charge in [-0.3, -0.25) is 0 Å². The quantitative estimate of drug-likeness (QED) is 0.652. The number of carboxylic acid groups (broad SMARTS) is 1. The summed E-state index contributed by atoms with van der Waals surface area (Å²) in [7, 11) is 0. The molecule has 23 heavy (non-hydrogen) atoms. The fraction of sp³-hybridized carbons (Fsp3) is 0.0500. The van der Waals surface area contributed by atoms with Crippen LogP contribution in [0.25, 0.3) is 22.3 Å². The van der Waals surface area contributed by atoms with Crippen molar-refractivity contribution >= 4 is 18.6 Å². The second kappa shape index (κ2) is 6.71. The van der Waals surface area contributed by atoms with E-state index in [-0.39, 0.29) is 0 Å². The van der Waals surface area contributed by atoms with Gasteiger partial charge in [0.2, 0.25) is 0 Å². The van der Waals surface area contributed by atoms with E-state index < -0.39 is 5.97 Å². The Morgan fingerprint density at radius 1 is 0.696 bits per heavy atom. The molecule has 0 saturated heterocycles. The maximum absolute atomic E-state index is 10.9. The highest BCUT2D eigenvalue weighted by Crippen LogP contribution is 2.25. The van der Waals surface area contributed by atoms with E-state index in [4.69, 9.17) is 5.11 Å². The Morgan fingerprint density at radius 3 is 1.39 bits per heavy atom. The molecule has 0 aliphatic rings. The fourth-order valence-corrected chi connectivity index (χ4v) is 2.67. The summed E-state index contributed by atoms with van der Waals surface area (Å²) in [6.45, 7) is 0. The lowest BCUT2D eigenvalue weighted by Gasteiger charge is -2.06. The predicted molar refractivity (Wildman–Crippen MR) is 97.0 cm³/mol. The molecule has 0 saturated carbocycles. The molecule has 0 bridgehead atoms. The van der Waals surface area contributed by atoms with E-state index in [1.165, 1.54) is 11.1 Å². The first-order valence-corrected chi connectivity index (χ1v) is 7.94. The number of aromatic carboxylic acids is 1. The molecule has 1 N–H and O–H groups in total. The van der Waals surface area contributed by atoms with Crippen LogP contribution in [0.1, 0.15) is 15.9 Å². The van der Waals surface area contributed by atoms with Gasteiger partial charge in [-0.15, -0.1) is 0 Å². The van der Waals surface area contributed by atoms with Gasteiger partial charge in [-0.2, -0.15) is 12.6 Å². The molecule has 0 aliphatic carbocycles. The van der Waals surface area contributed by atoms with Gasteiger partial charge in [-0.1, -0.05) is 60.7 Å². The largest absolute Gasteiger partial charge is 0.478 e. The van der Waals surface area contributed by atoms with Gasteiger partial charge in [0, 0.05) is 5.75 Å². The van der Waals surface area contributed by atoms with Gasteiger partial charge < -0.3 is 5.11 Å². The lowest BCUT2D eigenvalue weighted by atomic mass is 9.99. The van der Waals surface area contributed by atoms with Gasteiger partial charge in [0.05, 0.1) is 5.56 Å². The van der Waals surface area contributed by atoms with Crippen molar-refractivity contribution in [3.8, 4) is 22.3 Å². The van der Waals surface area contributed by atoms with Crippen LogP contribution in [0.2, 0.25) is 0 Å². The van der Waals surface area contributed by atoms with E-state index in [2.05, 4.69) is 61.2 Å². The summed E-state index contributed by atoms with van der Waals surface area (Å²) in [5.74, 6) is -0.164. The highest BCUT2D eigenvalue weighted by molar-refractivity contribution is 7.79. The molecule has 0 atom stereocenters. The molecule has 0 spiro atoms. The monoisotopic (exact) mass is 320 g/mol. The van der Waals surface area contributed by atoms with Crippen molar-refractivity contribution in [2.75, 3.05) is 0 Å². The molecule has 0 unspecified atom stereocenters. The Hall–Kier alpha value is -2.52. The number of carbonyl (C=O) groups is 1. The summed E-state index contributed by atoms with van der Waals surface area (Å²) in [4.78, 5) is 10.9. The van der Waals surface area contributed by atoms with Crippen LogP contribution < -0.4 is 0 Å². The first-order chi connectivity index (χ1) is 11.2. The summed E-state index contributed by atoms with van der Waals surface area (Å²) in [6, 6.07) is 23.6. The van der Waals surface area contributed by atoms with Crippen molar-refractivity contribution in [3.63, 3.8) is 0 Å². The zero-order chi connectivity index (χ0) is 16.2. The van der Waals surface area contributed by atoms with Crippen LogP contribution in [-0.2, 0) is 5.75 Å². The van der Waals surface area contributed by atoms with Crippen molar-refractivity contribution < 1.29 is 9.90 Å². The van der Waals surface area contributed by atoms with Crippen molar-refractivity contribution in [3.05, 3.63) is 83.9 Å². The summed E-state index contributed by atoms with van der Waals surface area (Å²) in [5.41, 5.74) is 5.90. The maximum Gasteiger partial charge on any atom is 0.335 e. The molecule has 3 heteroatoms. The van der Waals surface area contributed by atoms with E-state index >= 15 is 0 Å². The number of rotatable bonds is 4. The van der Waals surface area contributed by atoms with Gasteiger partial charge in [-0.05, 0) is 39.9 Å². The fourth-order valence-electron chi connectivity index (χ4n) is 2.46. The molecule has 0 radical (unpaired) electrons. The van der Waals surface area contributed by atoms with Crippen molar-refractivity contribution in [1.82, 2.24) is 0 Å². The van der Waals surface area contributed by atoms with Gasteiger partial charge >= 0.3 is 5.97 Å². The predicted octanol–water partition coefficient (Wildman–Crippen LogP) is 5.15. The first kappa shape index (κ1) is 15.4. The maximum atomic E-state index is 10.9. The van der Waals surface area contributed by atoms with E-state index in [1.807, 2.05) is 12.1 Å². The van der Waals surface area contributed by atoms with Crippen molar-refractivity contribution in [1.29, 1.82) is 0 Å². The van der Waals surface area contributed by atoms with Crippen LogP contribution in [-0.4, -0.2) is 11.1 Å². The molecule has 3 rings (SSSR count). The topological polar surface area (TPSA) is 37.3 Å². The van der Waals surface area contributed by atoms with Crippen molar-refractivity contribution in [2.24, 2.45) is 0 Å². The summed E-state index contributed by atoms with van der Waals surface area (Å²) in [6.07, 6.45) is 0. The molecule has 0 aromatic heterocycles. The third kappa shape index (κ3) is 3.46. The first-order valence-electron chi connectivity index (χ1n) is 7.31. The molecule has 0 aliphatic heterocycles. The Morgan fingerprint density at radius 2 is 1.04 bits per heavy atom. The Bertz CT molecular complexity index is 804. The van der Waals surface area contributed by atoms with Crippen LogP contribution in [0.15, 0.2) is 72.8 Å². The van der Waals surface area contributed by atoms with Gasteiger partial charge in [0.1, 0.15) is 0 Å². The van der Waals surface area contributed by atoms with E-state index in [0.717, 1.165) is 22.4 Å². The number of benzene rings is 3. The van der Waals surface area contributed by atoms with Gasteiger partial charge in [-0.25, -0.2) is 4.79 Å². The number of carboxylic acids is 1. The summed E-state index contributed by atoms with van der Waals surface area (Å²) >= 11 is 4.27. The average Bonchev–Trinajstić information content (AvgIpc) is 2.62. The molecule has 2 nitrogen and oxygen atoms in total. The van der Waals surface area contributed by atoms with E-state index in [1.54, 1.807) is 12.1 Å². The van der Waals surface area contributed by atoms with Crippen LogP contribution in [0.3, 0.4) is 0 Å². The molecule has 0 amide bonds. The van der Waals surface area contributed by atoms with E-state index in [0.29, 0.717) is 5.56 Å². The number of thiol groups is 1. The van der Waals surface area contributed by atoms with Gasteiger partial charge in [0.25, 0.3) is 0 Å². The molecular weight excluding hydrogens is 304 g/mol. The normalized spacial score (nSPS) is 10.5. The summed E-state index contributed by atoms with van der Waals surface area (Å²) in [5, 5.41) is 8.94. The smallest absolute Gasteiger partial charge is 0.335 e. The third-order valence-electron chi connectivity index (χ3n) is 3.82. The molecule has 3 aromatic carbocycles. The zero-order valence-corrected chi connectivity index (χ0v) is 13.3. The molecule has 114 valence electrons. The Labute approximate surface area is 140 Å². The minimum absolute atomic E-state index is 0.301. The van der Waals surface area contributed by atoms with Crippen LogP contribution in [0, 0.1) is 0 Å². The minimum atomic E-state index is -0.906. The Kier molecular flexibility index (Phi) is 4.49. The van der Waals surface area contributed by atoms with Crippen LogP contribution in [0.5, 0.6) is 0 Å². The lowest BCUT2D eigenvalue weighted by molar-refractivity contribution is 0.0697. The van der Waals surface area contributed by atoms with Crippen LogP contribution >= 0.6 is 12.6 Å². The third-order valence-corrected chi connectivity index (χ3v) is 4.19. The average molecular weight is 320 g/mol. The molecule has 0 fully saturated rings. The molecule has 0 heterocycles. The van der Waals surface area contributed by atoms with E-state index in [9.17, 15) is 4.79 Å². The SMILES string of the molecule is O=C(O)c1ccc(-c2ccc(-c3ccc(CS)cc3)cc2)cc1. The highest BCUT2D eigenvalue weighted by atomic mass is 32.1. The number of hydrogen-bond acceptors (Lipinski definition) is 2. The summed E-state index contributed by atoms with van der Waals surface area (Å²) < 4.78 is 0. The minimum Gasteiger partial charge on any atom is -0.478 e. The van der Waals surface area contributed by atoms with Crippen LogP contribution in [0.4, 0.5) is 0 Å². The zero-order valence-electron chi connectivity index (χ0n) is 12.4. The second-order valence-corrected chi connectivity index (χ2v) is 5.63. The lowest BCUT2D eigenvalue weighted by Crippen LogP contribution is -1.94. The molecule has 3 aromatic rings. The van der Waals surface area contributed by atoms with Gasteiger partial charge in [0.15, 0.2) is 0 Å². The number of hydrogen-bond donors (Lipinski definition) is 2. The Balaban J connectivity index is 1.84. The molecular formula is C20H16O2S. The second-order valence-electron chi connectivity index (χ2n) is 5.31.